The smallest absolute Gasteiger partial charge is 0.219 e. The number of amides is 1. The average Bonchev–Trinajstić information content (AvgIpc) is 2.29. The predicted octanol–water partition coefficient (Wildman–Crippen LogP) is 1.76. The topological polar surface area (TPSA) is 82.0 Å². The number of fused-ring (bicyclic) bond motifs is 1. The van der Waals surface area contributed by atoms with Gasteiger partial charge < -0.3 is 11.5 Å². The van der Waals surface area contributed by atoms with Crippen molar-refractivity contribution in [1.29, 1.82) is 0 Å². The molecule has 2 aromatic rings. The lowest BCUT2D eigenvalue weighted by Gasteiger charge is -2.12. The summed E-state index contributed by atoms with van der Waals surface area (Å²) in [5.74, 6) is -0.434. The molecule has 1 heterocycles. The molecule has 0 radical (unpaired) electrons. The molecular formula is C12H12ClN3O. The minimum atomic E-state index is -0.456. The zero-order chi connectivity index (χ0) is 12.4. The van der Waals surface area contributed by atoms with Gasteiger partial charge >= 0.3 is 0 Å². The first-order valence-corrected chi connectivity index (χ1v) is 5.54. The van der Waals surface area contributed by atoms with E-state index in [1.165, 1.54) is 0 Å². The van der Waals surface area contributed by atoms with Gasteiger partial charge in [0.15, 0.2) is 0 Å². The number of nitrogens with two attached hydrogens (primary N) is 2. The van der Waals surface area contributed by atoms with Gasteiger partial charge in [0.25, 0.3) is 0 Å². The lowest BCUT2D eigenvalue weighted by atomic mass is 10.0. The number of benzene rings is 1. The number of nitrogens with zero attached hydrogens (tertiary/aromatic N) is 1. The number of hydrogen-bond acceptors (Lipinski definition) is 3. The summed E-state index contributed by atoms with van der Waals surface area (Å²) in [6.45, 7) is 0. The number of primary amides is 1. The third kappa shape index (κ3) is 2.38. The van der Waals surface area contributed by atoms with Gasteiger partial charge in [0.05, 0.1) is 5.52 Å². The number of carbonyl (C=O) groups is 1. The van der Waals surface area contributed by atoms with Crippen LogP contribution in [0.5, 0.6) is 0 Å². The number of rotatable bonds is 3. The number of hydrogen-bond donors (Lipinski definition) is 2. The molecule has 4 nitrogen and oxygen atoms in total. The molecule has 0 spiro atoms. The summed E-state index contributed by atoms with van der Waals surface area (Å²) in [7, 11) is 0. The summed E-state index contributed by atoms with van der Waals surface area (Å²) in [4.78, 5) is 15.1. The number of aromatic nitrogens is 1. The first kappa shape index (κ1) is 11.8. The Balaban J connectivity index is 2.55. The number of carbonyl (C=O) groups excluding carboxylic acids is 1. The van der Waals surface area contributed by atoms with Gasteiger partial charge in [-0.05, 0) is 23.8 Å². The zero-order valence-corrected chi connectivity index (χ0v) is 9.82. The monoisotopic (exact) mass is 249 g/mol. The maximum Gasteiger partial charge on any atom is 0.219 e. The van der Waals surface area contributed by atoms with Crippen LogP contribution >= 0.6 is 11.6 Å². The van der Waals surface area contributed by atoms with Crippen molar-refractivity contribution in [3.63, 3.8) is 0 Å². The molecule has 1 aromatic carbocycles. The lowest BCUT2D eigenvalue weighted by Crippen LogP contribution is -2.21. The van der Waals surface area contributed by atoms with Crippen molar-refractivity contribution in [2.45, 2.75) is 12.5 Å². The highest BCUT2D eigenvalue weighted by Crippen LogP contribution is 2.28. The van der Waals surface area contributed by atoms with E-state index in [0.717, 1.165) is 10.9 Å². The van der Waals surface area contributed by atoms with Gasteiger partial charge in [0.2, 0.25) is 5.91 Å². The standard InChI is InChI=1S/C12H12ClN3O/c13-9-4-3-8(10(14)6-11(15)17)12-7(9)2-1-5-16-12/h1-5,10H,6,14H2,(H2,15,17). The summed E-state index contributed by atoms with van der Waals surface area (Å²) >= 11 is 6.07. The van der Waals surface area contributed by atoms with Crippen LogP contribution in [0, 0.1) is 0 Å². The van der Waals surface area contributed by atoms with E-state index in [2.05, 4.69) is 4.98 Å². The van der Waals surface area contributed by atoms with E-state index in [0.29, 0.717) is 10.5 Å². The van der Waals surface area contributed by atoms with E-state index in [1.807, 2.05) is 6.07 Å². The van der Waals surface area contributed by atoms with Crippen LogP contribution in [0.2, 0.25) is 5.02 Å². The van der Waals surface area contributed by atoms with E-state index in [-0.39, 0.29) is 6.42 Å². The molecule has 88 valence electrons. The van der Waals surface area contributed by atoms with Gasteiger partial charge in [-0.25, -0.2) is 0 Å². The third-order valence-corrected chi connectivity index (χ3v) is 2.90. The largest absolute Gasteiger partial charge is 0.370 e. The fraction of sp³-hybridized carbons (Fsp3) is 0.167. The summed E-state index contributed by atoms with van der Waals surface area (Å²) in [6, 6.07) is 6.75. The van der Waals surface area contributed by atoms with Crippen LogP contribution in [0.15, 0.2) is 30.5 Å². The second-order valence-electron chi connectivity index (χ2n) is 3.81. The highest BCUT2D eigenvalue weighted by atomic mass is 35.5. The molecule has 0 aliphatic heterocycles. The van der Waals surface area contributed by atoms with E-state index in [9.17, 15) is 4.79 Å². The molecule has 0 bridgehead atoms. The summed E-state index contributed by atoms with van der Waals surface area (Å²) in [6.07, 6.45) is 1.76. The zero-order valence-electron chi connectivity index (χ0n) is 9.06. The lowest BCUT2D eigenvalue weighted by molar-refractivity contribution is -0.118. The molecule has 1 atom stereocenters. The summed E-state index contributed by atoms with van der Waals surface area (Å²) < 4.78 is 0. The van der Waals surface area contributed by atoms with Gasteiger partial charge in [0, 0.05) is 29.1 Å². The van der Waals surface area contributed by atoms with Crippen molar-refractivity contribution in [1.82, 2.24) is 4.98 Å². The highest BCUT2D eigenvalue weighted by molar-refractivity contribution is 6.35. The van der Waals surface area contributed by atoms with E-state index < -0.39 is 11.9 Å². The van der Waals surface area contributed by atoms with Crippen LogP contribution in [0.1, 0.15) is 18.0 Å². The minimum Gasteiger partial charge on any atom is -0.370 e. The Hall–Kier alpha value is -1.65. The Bertz CT molecular complexity index is 571. The van der Waals surface area contributed by atoms with E-state index >= 15 is 0 Å². The van der Waals surface area contributed by atoms with E-state index in [4.69, 9.17) is 23.1 Å². The van der Waals surface area contributed by atoms with Gasteiger partial charge in [-0.3, -0.25) is 9.78 Å². The van der Waals surface area contributed by atoms with Crippen molar-refractivity contribution in [3.8, 4) is 0 Å². The average molecular weight is 250 g/mol. The van der Waals surface area contributed by atoms with Crippen LogP contribution in [-0.4, -0.2) is 10.9 Å². The van der Waals surface area contributed by atoms with Gasteiger partial charge in [-0.1, -0.05) is 17.7 Å². The maximum absolute atomic E-state index is 10.9. The molecule has 2 rings (SSSR count). The molecule has 4 N–H and O–H groups in total. The predicted molar refractivity (Wildman–Crippen MR) is 67.5 cm³/mol. The van der Waals surface area contributed by atoms with Crippen LogP contribution in [0.4, 0.5) is 0 Å². The first-order valence-electron chi connectivity index (χ1n) is 5.16. The summed E-state index contributed by atoms with van der Waals surface area (Å²) in [5, 5.41) is 1.44. The van der Waals surface area contributed by atoms with E-state index in [1.54, 1.807) is 24.4 Å². The molecule has 17 heavy (non-hydrogen) atoms. The molecule has 1 aromatic heterocycles. The normalized spacial score (nSPS) is 12.6. The molecule has 5 heteroatoms. The quantitative estimate of drug-likeness (QED) is 0.870. The number of pyridine rings is 1. The molecule has 0 saturated carbocycles. The SMILES string of the molecule is NC(=O)CC(N)c1ccc(Cl)c2cccnc12. The van der Waals surface area contributed by atoms with Gasteiger partial charge in [0.1, 0.15) is 0 Å². The number of halogens is 1. The molecule has 1 unspecified atom stereocenters. The van der Waals surface area contributed by atoms with Gasteiger partial charge in [-0.15, -0.1) is 0 Å². The van der Waals surface area contributed by atoms with Crippen LogP contribution in [-0.2, 0) is 4.79 Å². The maximum atomic E-state index is 10.9. The Kier molecular flexibility index (Phi) is 3.26. The fourth-order valence-corrected chi connectivity index (χ4v) is 2.00. The van der Waals surface area contributed by atoms with Crippen LogP contribution < -0.4 is 11.5 Å². The summed E-state index contributed by atoms with van der Waals surface area (Å²) in [5.41, 5.74) is 12.6. The van der Waals surface area contributed by atoms with Crippen molar-refractivity contribution < 1.29 is 4.79 Å². The highest BCUT2D eigenvalue weighted by Gasteiger charge is 2.14. The molecule has 1 amide bonds. The second-order valence-corrected chi connectivity index (χ2v) is 4.22. The minimum absolute atomic E-state index is 0.0906. The Morgan fingerprint density at radius 2 is 2.18 bits per heavy atom. The second kappa shape index (κ2) is 4.69. The van der Waals surface area contributed by atoms with Crippen LogP contribution in [0.3, 0.4) is 0 Å². The molecule has 0 saturated heterocycles. The Morgan fingerprint density at radius 3 is 2.88 bits per heavy atom. The first-order chi connectivity index (χ1) is 8.09. The molecular weight excluding hydrogens is 238 g/mol. The third-order valence-electron chi connectivity index (χ3n) is 2.57. The van der Waals surface area contributed by atoms with Crippen LogP contribution in [0.25, 0.3) is 10.9 Å². The van der Waals surface area contributed by atoms with Crippen molar-refractivity contribution in [2.24, 2.45) is 11.5 Å². The Morgan fingerprint density at radius 1 is 1.41 bits per heavy atom. The molecule has 0 aliphatic carbocycles. The fourth-order valence-electron chi connectivity index (χ4n) is 1.79. The Labute approximate surface area is 104 Å². The van der Waals surface area contributed by atoms with Crippen molar-refractivity contribution >= 4 is 28.4 Å². The van der Waals surface area contributed by atoms with Crippen molar-refractivity contribution in [2.75, 3.05) is 0 Å². The van der Waals surface area contributed by atoms with Gasteiger partial charge in [-0.2, -0.15) is 0 Å². The molecule has 0 aliphatic rings. The molecule has 0 fully saturated rings. The van der Waals surface area contributed by atoms with Crippen molar-refractivity contribution in [3.05, 3.63) is 41.0 Å².